The van der Waals surface area contributed by atoms with E-state index in [-0.39, 0.29) is 6.61 Å². The lowest BCUT2D eigenvalue weighted by Crippen LogP contribution is -2.38. The molecule has 0 aromatic rings. The molecule has 0 spiro atoms. The predicted octanol–water partition coefficient (Wildman–Crippen LogP) is 2.71. The number of rotatable bonds is 5. The molecule has 0 aliphatic carbocycles. The zero-order valence-electron chi connectivity index (χ0n) is 9.52. The topological polar surface area (TPSA) is 26.3 Å². The standard InChI is InChI=1S/C10H22O2Si/c1-10(2,3)13(4,5)9-8-12-7-6-11/h6H,7-9H2,1-5H3. The molecule has 0 bridgehead atoms. The first-order valence-electron chi connectivity index (χ1n) is 4.82. The summed E-state index contributed by atoms with van der Waals surface area (Å²) < 4.78 is 5.18. The van der Waals surface area contributed by atoms with E-state index in [4.69, 9.17) is 4.74 Å². The van der Waals surface area contributed by atoms with Crippen LogP contribution in [0.1, 0.15) is 20.8 Å². The highest BCUT2D eigenvalue weighted by Gasteiger charge is 2.34. The second kappa shape index (κ2) is 4.91. The smallest absolute Gasteiger partial charge is 0.145 e. The van der Waals surface area contributed by atoms with E-state index in [0.29, 0.717) is 5.04 Å². The van der Waals surface area contributed by atoms with Crippen molar-refractivity contribution >= 4 is 14.4 Å². The third kappa shape index (κ3) is 4.57. The van der Waals surface area contributed by atoms with Crippen molar-refractivity contribution in [1.82, 2.24) is 0 Å². The average molecular weight is 202 g/mol. The quantitative estimate of drug-likeness (QED) is 0.389. The van der Waals surface area contributed by atoms with Gasteiger partial charge < -0.3 is 9.53 Å². The SMILES string of the molecule is CC(C)(C)[Si](C)(C)CCOCC=O. The van der Waals surface area contributed by atoms with E-state index in [1.807, 2.05) is 0 Å². The lowest BCUT2D eigenvalue weighted by atomic mass is 10.2. The molecule has 78 valence electrons. The summed E-state index contributed by atoms with van der Waals surface area (Å²) >= 11 is 0. The summed E-state index contributed by atoms with van der Waals surface area (Å²) in [4.78, 5) is 10.0. The molecule has 2 nitrogen and oxygen atoms in total. The number of hydrogen-bond donors (Lipinski definition) is 0. The van der Waals surface area contributed by atoms with Crippen LogP contribution in [0.4, 0.5) is 0 Å². The monoisotopic (exact) mass is 202 g/mol. The number of hydrogen-bond acceptors (Lipinski definition) is 2. The zero-order valence-corrected chi connectivity index (χ0v) is 10.5. The van der Waals surface area contributed by atoms with Gasteiger partial charge in [0.05, 0.1) is 8.07 Å². The number of carbonyl (C=O) groups excluding carboxylic acids is 1. The van der Waals surface area contributed by atoms with E-state index in [9.17, 15) is 4.79 Å². The summed E-state index contributed by atoms with van der Waals surface area (Å²) in [5.74, 6) is 0. The molecule has 0 aromatic heterocycles. The number of ether oxygens (including phenoxy) is 1. The summed E-state index contributed by atoms with van der Waals surface area (Å²) in [6.45, 7) is 12.6. The molecule has 0 radical (unpaired) electrons. The fourth-order valence-corrected chi connectivity index (χ4v) is 2.24. The Morgan fingerprint density at radius 1 is 1.31 bits per heavy atom. The molecule has 0 atom stereocenters. The Bertz CT molecular complexity index is 159. The zero-order chi connectivity index (χ0) is 10.5. The maximum absolute atomic E-state index is 10.0. The van der Waals surface area contributed by atoms with Gasteiger partial charge in [-0.15, -0.1) is 0 Å². The minimum absolute atomic E-state index is 0.245. The maximum atomic E-state index is 10.0. The summed E-state index contributed by atoms with van der Waals surface area (Å²) in [5, 5.41) is 0.414. The molecule has 0 unspecified atom stereocenters. The Hall–Kier alpha value is -0.153. The van der Waals surface area contributed by atoms with E-state index in [2.05, 4.69) is 33.9 Å². The lowest BCUT2D eigenvalue weighted by Gasteiger charge is -2.36. The maximum Gasteiger partial charge on any atom is 0.145 e. The summed E-state index contributed by atoms with van der Waals surface area (Å²) in [7, 11) is -1.20. The van der Waals surface area contributed by atoms with Gasteiger partial charge in [0, 0.05) is 6.61 Å². The van der Waals surface area contributed by atoms with Gasteiger partial charge in [-0.2, -0.15) is 0 Å². The highest BCUT2D eigenvalue weighted by molar-refractivity contribution is 6.80. The van der Waals surface area contributed by atoms with Gasteiger partial charge in [0.2, 0.25) is 0 Å². The molecule has 3 heteroatoms. The minimum atomic E-state index is -1.20. The molecule has 0 amide bonds. The molecule has 0 aliphatic heterocycles. The molecule has 0 rings (SSSR count). The highest BCUT2D eigenvalue weighted by atomic mass is 28.3. The van der Waals surface area contributed by atoms with Crippen molar-refractivity contribution in [2.24, 2.45) is 0 Å². The molecule has 0 heterocycles. The Labute approximate surface area is 82.7 Å². The second-order valence-electron chi connectivity index (χ2n) is 5.13. The Morgan fingerprint density at radius 2 is 1.85 bits per heavy atom. The van der Waals surface area contributed by atoms with Crippen LogP contribution in [-0.2, 0) is 9.53 Å². The minimum Gasteiger partial charge on any atom is -0.374 e. The lowest BCUT2D eigenvalue weighted by molar-refractivity contribution is -0.111. The van der Waals surface area contributed by atoms with Gasteiger partial charge in [0.15, 0.2) is 0 Å². The van der Waals surface area contributed by atoms with Crippen molar-refractivity contribution in [3.63, 3.8) is 0 Å². The first-order chi connectivity index (χ1) is 5.81. The Kier molecular flexibility index (Phi) is 4.85. The summed E-state index contributed by atoms with van der Waals surface area (Å²) in [6, 6.07) is 1.13. The van der Waals surface area contributed by atoms with E-state index >= 15 is 0 Å². The van der Waals surface area contributed by atoms with Gasteiger partial charge in [-0.1, -0.05) is 33.9 Å². The largest absolute Gasteiger partial charge is 0.374 e. The van der Waals surface area contributed by atoms with Crippen molar-refractivity contribution in [2.75, 3.05) is 13.2 Å². The van der Waals surface area contributed by atoms with Gasteiger partial charge in [-0.3, -0.25) is 0 Å². The van der Waals surface area contributed by atoms with Crippen LogP contribution >= 0.6 is 0 Å². The first-order valence-corrected chi connectivity index (χ1v) is 8.03. The summed E-state index contributed by atoms with van der Waals surface area (Å²) in [6.07, 6.45) is 0.811. The van der Waals surface area contributed by atoms with E-state index in [1.54, 1.807) is 0 Å². The molecule has 0 saturated heterocycles. The average Bonchev–Trinajstić information content (AvgIpc) is 1.96. The Morgan fingerprint density at radius 3 is 2.23 bits per heavy atom. The molecule has 0 aliphatic rings. The van der Waals surface area contributed by atoms with Gasteiger partial charge in [-0.25, -0.2) is 0 Å². The van der Waals surface area contributed by atoms with Crippen LogP contribution < -0.4 is 0 Å². The number of aldehydes is 1. The molecule has 0 N–H and O–H groups in total. The van der Waals surface area contributed by atoms with Crippen molar-refractivity contribution in [2.45, 2.75) is 44.9 Å². The predicted molar refractivity (Wildman–Crippen MR) is 58.9 cm³/mol. The van der Waals surface area contributed by atoms with Crippen molar-refractivity contribution in [1.29, 1.82) is 0 Å². The number of carbonyl (C=O) groups is 1. The van der Waals surface area contributed by atoms with Crippen molar-refractivity contribution in [3.05, 3.63) is 0 Å². The molecular formula is C10H22O2Si. The fourth-order valence-electron chi connectivity index (χ4n) is 0.834. The van der Waals surface area contributed by atoms with Gasteiger partial charge in [0.1, 0.15) is 12.9 Å². The van der Waals surface area contributed by atoms with Gasteiger partial charge >= 0.3 is 0 Å². The van der Waals surface area contributed by atoms with E-state index < -0.39 is 8.07 Å². The fraction of sp³-hybridized carbons (Fsp3) is 0.900. The third-order valence-corrected chi connectivity index (χ3v) is 8.60. The molecule has 0 saturated carbocycles. The van der Waals surface area contributed by atoms with Crippen LogP contribution in [0.25, 0.3) is 0 Å². The van der Waals surface area contributed by atoms with Crippen LogP contribution in [-0.4, -0.2) is 27.6 Å². The van der Waals surface area contributed by atoms with E-state index in [0.717, 1.165) is 18.9 Å². The van der Waals surface area contributed by atoms with Crippen LogP contribution in [0.5, 0.6) is 0 Å². The Balaban J connectivity index is 3.83. The third-order valence-electron chi connectivity index (χ3n) is 3.09. The van der Waals surface area contributed by atoms with E-state index in [1.165, 1.54) is 0 Å². The summed E-state index contributed by atoms with van der Waals surface area (Å²) in [5.41, 5.74) is 0. The van der Waals surface area contributed by atoms with Crippen LogP contribution in [0.2, 0.25) is 24.2 Å². The van der Waals surface area contributed by atoms with Crippen LogP contribution in [0, 0.1) is 0 Å². The highest BCUT2D eigenvalue weighted by Crippen LogP contribution is 2.38. The molecule has 13 heavy (non-hydrogen) atoms. The first kappa shape index (κ1) is 12.8. The molecule has 0 fully saturated rings. The van der Waals surface area contributed by atoms with Crippen molar-refractivity contribution < 1.29 is 9.53 Å². The van der Waals surface area contributed by atoms with Crippen LogP contribution in [0.15, 0.2) is 0 Å². The van der Waals surface area contributed by atoms with Gasteiger partial charge in [0.25, 0.3) is 0 Å². The molecular weight excluding hydrogens is 180 g/mol. The second-order valence-corrected chi connectivity index (χ2v) is 10.9. The van der Waals surface area contributed by atoms with Crippen LogP contribution in [0.3, 0.4) is 0 Å². The van der Waals surface area contributed by atoms with Crippen molar-refractivity contribution in [3.8, 4) is 0 Å². The molecule has 0 aromatic carbocycles. The van der Waals surface area contributed by atoms with Gasteiger partial charge in [-0.05, 0) is 11.1 Å². The normalized spacial score (nSPS) is 13.0.